The number of hydrogen-bond acceptors (Lipinski definition) is 7. The van der Waals surface area contributed by atoms with Gasteiger partial charge in [-0.1, -0.05) is 30.3 Å². The molecule has 2 aromatic heterocycles. The number of furan rings is 1. The molecule has 0 aliphatic carbocycles. The highest BCUT2D eigenvalue weighted by Crippen LogP contribution is 2.34. The molecule has 0 spiro atoms. The lowest BCUT2D eigenvalue weighted by atomic mass is 10.0. The first-order valence-electron chi connectivity index (χ1n) is 10.7. The van der Waals surface area contributed by atoms with E-state index in [4.69, 9.17) is 29.2 Å². The zero-order valence-electron chi connectivity index (χ0n) is 18.1. The normalized spacial score (nSPS) is 15.8. The summed E-state index contributed by atoms with van der Waals surface area (Å²) in [5, 5.41) is 20.9. The number of para-hydroxylation sites is 2. The van der Waals surface area contributed by atoms with Crippen LogP contribution >= 0.6 is 11.3 Å². The van der Waals surface area contributed by atoms with Gasteiger partial charge in [0.15, 0.2) is 0 Å². The number of fused-ring (bicyclic) bond motifs is 2. The molecular weight excluding hydrogens is 442 g/mol. The Hall–Kier alpha value is -3.27. The number of carbonyl (C=O) groups is 2. The second-order valence-corrected chi connectivity index (χ2v) is 9.06. The first-order valence-corrected chi connectivity index (χ1v) is 11.5. The van der Waals surface area contributed by atoms with Crippen molar-refractivity contribution in [3.8, 4) is 0 Å². The Morgan fingerprint density at radius 1 is 1.09 bits per heavy atom. The zero-order chi connectivity index (χ0) is 23.4. The average Bonchev–Trinajstić information content (AvgIpc) is 3.43. The van der Waals surface area contributed by atoms with Crippen LogP contribution in [0.3, 0.4) is 0 Å². The highest BCUT2D eigenvalue weighted by molar-refractivity contribution is 7.18. The maximum atomic E-state index is 9.10. The number of piperidine rings is 1. The van der Waals surface area contributed by atoms with E-state index >= 15 is 0 Å². The number of rotatable bonds is 4. The van der Waals surface area contributed by atoms with Crippen LogP contribution in [0.25, 0.3) is 21.2 Å². The minimum Gasteiger partial charge on any atom is -0.473 e. The minimum atomic E-state index is -1.82. The van der Waals surface area contributed by atoms with E-state index in [0.717, 1.165) is 53.2 Å². The SMILES string of the molecule is CN1CCC(NC(c2cc3ccccc3o2)c2nc3ccccc3s2)CC1.O=C(O)C(=O)O. The maximum absolute atomic E-state index is 9.10. The van der Waals surface area contributed by atoms with Gasteiger partial charge in [0, 0.05) is 11.4 Å². The van der Waals surface area contributed by atoms with Crippen molar-refractivity contribution in [1.82, 2.24) is 15.2 Å². The molecule has 3 N–H and O–H groups in total. The number of hydrogen-bond donors (Lipinski definition) is 3. The van der Waals surface area contributed by atoms with Crippen molar-refractivity contribution in [1.29, 1.82) is 0 Å². The third-order valence-corrected chi connectivity index (χ3v) is 6.69. The second-order valence-electron chi connectivity index (χ2n) is 7.99. The van der Waals surface area contributed by atoms with Crippen molar-refractivity contribution in [2.24, 2.45) is 0 Å². The van der Waals surface area contributed by atoms with E-state index in [0.29, 0.717) is 6.04 Å². The molecule has 1 fully saturated rings. The summed E-state index contributed by atoms with van der Waals surface area (Å²) < 4.78 is 7.46. The van der Waals surface area contributed by atoms with Crippen molar-refractivity contribution in [3.05, 3.63) is 65.4 Å². The fraction of sp³-hybridized carbons (Fsp3) is 0.292. The zero-order valence-corrected chi connectivity index (χ0v) is 18.9. The van der Waals surface area contributed by atoms with Gasteiger partial charge in [-0.2, -0.15) is 0 Å². The molecule has 1 unspecified atom stereocenters. The molecule has 3 heterocycles. The molecule has 0 saturated carbocycles. The Morgan fingerprint density at radius 3 is 2.42 bits per heavy atom. The van der Waals surface area contributed by atoms with Crippen LogP contribution in [-0.2, 0) is 9.59 Å². The number of aromatic nitrogens is 1. The number of benzene rings is 2. The monoisotopic (exact) mass is 467 g/mol. The van der Waals surface area contributed by atoms with E-state index in [1.165, 1.54) is 4.70 Å². The average molecular weight is 468 g/mol. The fourth-order valence-electron chi connectivity index (χ4n) is 3.84. The summed E-state index contributed by atoms with van der Waals surface area (Å²) in [6.45, 7) is 2.26. The molecule has 8 nitrogen and oxygen atoms in total. The number of thiazole rings is 1. The topological polar surface area (TPSA) is 116 Å². The van der Waals surface area contributed by atoms with Crippen LogP contribution < -0.4 is 5.32 Å². The Balaban J connectivity index is 0.000000385. The molecule has 33 heavy (non-hydrogen) atoms. The molecule has 9 heteroatoms. The van der Waals surface area contributed by atoms with E-state index in [1.54, 1.807) is 11.3 Å². The molecule has 1 atom stereocenters. The molecule has 172 valence electrons. The van der Waals surface area contributed by atoms with Crippen LogP contribution in [0.15, 0.2) is 59.0 Å². The highest BCUT2D eigenvalue weighted by Gasteiger charge is 2.27. The number of carboxylic acid groups (broad SMARTS) is 2. The van der Waals surface area contributed by atoms with Crippen molar-refractivity contribution in [2.45, 2.75) is 24.9 Å². The smallest absolute Gasteiger partial charge is 0.414 e. The van der Waals surface area contributed by atoms with Gasteiger partial charge in [-0.25, -0.2) is 14.6 Å². The quantitative estimate of drug-likeness (QED) is 0.386. The largest absolute Gasteiger partial charge is 0.473 e. The van der Waals surface area contributed by atoms with E-state index in [1.807, 2.05) is 18.2 Å². The molecule has 1 aliphatic rings. The standard InChI is InChI=1S/C22H23N3OS.C2H2O4/c1-25-12-10-16(11-13-25)23-21(19-14-15-6-2-4-8-18(15)26-19)22-24-17-7-3-5-9-20(17)27-22;3-1(4)2(5)6/h2-9,14,16,21,23H,10-13H2,1H3;(H,3,4)(H,5,6). The van der Waals surface area contributed by atoms with Gasteiger partial charge in [0.2, 0.25) is 0 Å². The maximum Gasteiger partial charge on any atom is 0.414 e. The van der Waals surface area contributed by atoms with Gasteiger partial charge in [0.05, 0.1) is 10.2 Å². The van der Waals surface area contributed by atoms with E-state index in [9.17, 15) is 0 Å². The van der Waals surface area contributed by atoms with Crippen molar-refractivity contribution >= 4 is 44.5 Å². The first kappa shape index (κ1) is 22.9. The van der Waals surface area contributed by atoms with Crippen LogP contribution in [0.2, 0.25) is 0 Å². The van der Waals surface area contributed by atoms with E-state index < -0.39 is 11.9 Å². The van der Waals surface area contributed by atoms with Gasteiger partial charge in [-0.3, -0.25) is 5.32 Å². The minimum absolute atomic E-state index is 0.0109. The fourth-order valence-corrected chi connectivity index (χ4v) is 4.88. The lowest BCUT2D eigenvalue weighted by Gasteiger charge is -2.31. The van der Waals surface area contributed by atoms with Gasteiger partial charge < -0.3 is 19.5 Å². The van der Waals surface area contributed by atoms with Crippen LogP contribution in [0.1, 0.15) is 29.7 Å². The molecule has 2 aromatic carbocycles. The van der Waals surface area contributed by atoms with Crippen LogP contribution in [-0.4, -0.2) is 58.2 Å². The molecule has 0 amide bonds. The summed E-state index contributed by atoms with van der Waals surface area (Å²) >= 11 is 1.76. The third-order valence-electron chi connectivity index (χ3n) is 5.59. The van der Waals surface area contributed by atoms with Crippen molar-refractivity contribution in [3.63, 3.8) is 0 Å². The summed E-state index contributed by atoms with van der Waals surface area (Å²) in [5.74, 6) is -2.70. The summed E-state index contributed by atoms with van der Waals surface area (Å²) in [4.78, 5) is 25.5. The number of aliphatic carboxylic acids is 2. The van der Waals surface area contributed by atoms with Gasteiger partial charge in [-0.05, 0) is 57.2 Å². The molecule has 4 aromatic rings. The Bertz CT molecular complexity index is 1110. The Labute approximate surface area is 194 Å². The number of nitrogens with one attached hydrogen (secondary N) is 1. The lowest BCUT2D eigenvalue weighted by Crippen LogP contribution is -2.42. The van der Waals surface area contributed by atoms with Gasteiger partial charge in [0.25, 0.3) is 0 Å². The predicted molar refractivity (Wildman–Crippen MR) is 127 cm³/mol. The van der Waals surface area contributed by atoms with Crippen LogP contribution in [0.4, 0.5) is 0 Å². The molecule has 1 saturated heterocycles. The number of nitrogens with zero attached hydrogens (tertiary/aromatic N) is 2. The molecule has 5 rings (SSSR count). The summed E-state index contributed by atoms with van der Waals surface area (Å²) in [6, 6.07) is 19.2. The van der Waals surface area contributed by atoms with Crippen LogP contribution in [0.5, 0.6) is 0 Å². The molecule has 0 bridgehead atoms. The Morgan fingerprint density at radius 2 is 1.76 bits per heavy atom. The van der Waals surface area contributed by atoms with Crippen molar-refractivity contribution < 1.29 is 24.2 Å². The van der Waals surface area contributed by atoms with Gasteiger partial charge >= 0.3 is 11.9 Å². The first-order chi connectivity index (χ1) is 15.9. The van der Waals surface area contributed by atoms with E-state index in [2.05, 4.69) is 53.7 Å². The molecule has 0 radical (unpaired) electrons. The summed E-state index contributed by atoms with van der Waals surface area (Å²) in [5.41, 5.74) is 1.99. The molecule has 1 aliphatic heterocycles. The summed E-state index contributed by atoms with van der Waals surface area (Å²) in [7, 11) is 2.19. The van der Waals surface area contributed by atoms with Gasteiger partial charge in [0.1, 0.15) is 22.4 Å². The molecular formula is C24H25N3O5S. The number of carboxylic acids is 2. The summed E-state index contributed by atoms with van der Waals surface area (Å²) in [6.07, 6.45) is 2.30. The van der Waals surface area contributed by atoms with E-state index in [-0.39, 0.29) is 6.04 Å². The third kappa shape index (κ3) is 5.57. The van der Waals surface area contributed by atoms with Gasteiger partial charge in [-0.15, -0.1) is 11.3 Å². The lowest BCUT2D eigenvalue weighted by molar-refractivity contribution is -0.159. The predicted octanol–water partition coefficient (Wildman–Crippen LogP) is 3.97. The van der Waals surface area contributed by atoms with Crippen LogP contribution in [0, 0.1) is 0 Å². The Kier molecular flexibility index (Phi) is 7.02. The van der Waals surface area contributed by atoms with Crippen molar-refractivity contribution in [2.75, 3.05) is 20.1 Å². The second kappa shape index (κ2) is 10.1. The highest BCUT2D eigenvalue weighted by atomic mass is 32.1. The number of likely N-dealkylation sites (tertiary alicyclic amines) is 1.